The SMILES string of the molecule is CCOC(=O)c1c(NC(=S)Nc2ccc(S(=O)(=O)Nc3c(C)cc(C)cc3C)cc2)sc2c1CCCC2. The number of esters is 1. The van der Waals surface area contributed by atoms with E-state index in [2.05, 4.69) is 15.4 Å². The highest BCUT2D eigenvalue weighted by atomic mass is 32.2. The molecule has 7 nitrogen and oxygen atoms in total. The molecule has 10 heteroatoms. The zero-order valence-corrected chi connectivity index (χ0v) is 23.8. The first-order valence-corrected chi connectivity index (χ1v) is 14.9. The highest BCUT2D eigenvalue weighted by Crippen LogP contribution is 2.38. The summed E-state index contributed by atoms with van der Waals surface area (Å²) in [6.07, 6.45) is 3.95. The molecule has 2 aromatic carbocycles. The number of sulfonamides is 1. The normalized spacial score (nSPS) is 13.0. The van der Waals surface area contributed by atoms with Crippen LogP contribution in [0.25, 0.3) is 0 Å². The van der Waals surface area contributed by atoms with Gasteiger partial charge in [0.25, 0.3) is 10.0 Å². The molecule has 1 heterocycles. The number of aryl methyl sites for hydroxylation is 4. The van der Waals surface area contributed by atoms with E-state index in [-0.39, 0.29) is 10.9 Å². The molecule has 196 valence electrons. The summed E-state index contributed by atoms with van der Waals surface area (Å²) in [5.41, 5.74) is 5.66. The van der Waals surface area contributed by atoms with Gasteiger partial charge in [-0.15, -0.1) is 11.3 Å². The van der Waals surface area contributed by atoms with Crippen LogP contribution in [0, 0.1) is 20.8 Å². The summed E-state index contributed by atoms with van der Waals surface area (Å²) in [4.78, 5) is 14.0. The fourth-order valence-corrected chi connectivity index (χ4v) is 7.36. The number of hydrogen-bond acceptors (Lipinski definition) is 6. The van der Waals surface area contributed by atoms with E-state index >= 15 is 0 Å². The molecule has 4 rings (SSSR count). The topological polar surface area (TPSA) is 96.5 Å². The molecule has 1 aromatic heterocycles. The lowest BCUT2D eigenvalue weighted by molar-refractivity contribution is 0.0526. The number of thiocarbonyl (C=S) groups is 1. The summed E-state index contributed by atoms with van der Waals surface area (Å²) >= 11 is 7.04. The first-order valence-electron chi connectivity index (χ1n) is 12.2. The van der Waals surface area contributed by atoms with Gasteiger partial charge in [0.15, 0.2) is 5.11 Å². The first kappa shape index (κ1) is 27.1. The number of hydrogen-bond donors (Lipinski definition) is 3. The average Bonchev–Trinajstić information content (AvgIpc) is 3.19. The van der Waals surface area contributed by atoms with Gasteiger partial charge in [0.2, 0.25) is 0 Å². The van der Waals surface area contributed by atoms with Gasteiger partial charge in [0.1, 0.15) is 5.00 Å². The van der Waals surface area contributed by atoms with E-state index in [1.807, 2.05) is 32.9 Å². The minimum Gasteiger partial charge on any atom is -0.462 e. The zero-order valence-electron chi connectivity index (χ0n) is 21.4. The predicted octanol–water partition coefficient (Wildman–Crippen LogP) is 6.34. The van der Waals surface area contributed by atoms with E-state index in [0.29, 0.717) is 33.7 Å². The Kier molecular flexibility index (Phi) is 8.20. The number of nitrogens with one attached hydrogen (secondary N) is 3. The van der Waals surface area contributed by atoms with Crippen LogP contribution in [-0.4, -0.2) is 26.1 Å². The van der Waals surface area contributed by atoms with Crippen molar-refractivity contribution in [1.29, 1.82) is 0 Å². The van der Waals surface area contributed by atoms with Crippen molar-refractivity contribution in [1.82, 2.24) is 0 Å². The molecule has 1 aliphatic carbocycles. The molecule has 0 unspecified atom stereocenters. The van der Waals surface area contributed by atoms with Gasteiger partial charge in [-0.25, -0.2) is 13.2 Å². The summed E-state index contributed by atoms with van der Waals surface area (Å²) < 4.78 is 34.0. The van der Waals surface area contributed by atoms with Gasteiger partial charge in [0, 0.05) is 10.6 Å². The Hall–Kier alpha value is -2.95. The molecule has 1 aliphatic rings. The van der Waals surface area contributed by atoms with Crippen LogP contribution in [0.15, 0.2) is 41.3 Å². The second-order valence-electron chi connectivity index (χ2n) is 9.12. The molecule has 0 atom stereocenters. The third-order valence-electron chi connectivity index (χ3n) is 6.21. The van der Waals surface area contributed by atoms with Crippen LogP contribution in [0.1, 0.15) is 57.3 Å². The fourth-order valence-electron chi connectivity index (χ4n) is 4.59. The highest BCUT2D eigenvalue weighted by Gasteiger charge is 2.27. The summed E-state index contributed by atoms with van der Waals surface area (Å²) in [7, 11) is -3.76. The van der Waals surface area contributed by atoms with Gasteiger partial charge in [-0.2, -0.15) is 0 Å². The summed E-state index contributed by atoms with van der Waals surface area (Å²) in [6.45, 7) is 7.84. The smallest absolute Gasteiger partial charge is 0.341 e. The largest absolute Gasteiger partial charge is 0.462 e. The molecule has 0 spiro atoms. The van der Waals surface area contributed by atoms with Crippen molar-refractivity contribution in [3.8, 4) is 0 Å². The number of anilines is 3. The minimum absolute atomic E-state index is 0.145. The molecule has 0 bridgehead atoms. The third-order valence-corrected chi connectivity index (χ3v) is 8.99. The summed E-state index contributed by atoms with van der Waals surface area (Å²) in [6, 6.07) is 10.3. The van der Waals surface area contributed by atoms with Crippen LogP contribution in [0.3, 0.4) is 0 Å². The Morgan fingerprint density at radius 1 is 1.03 bits per heavy atom. The molecule has 0 amide bonds. The maximum Gasteiger partial charge on any atom is 0.341 e. The van der Waals surface area contributed by atoms with Crippen LogP contribution in [0.2, 0.25) is 0 Å². The number of thiophene rings is 1. The predicted molar refractivity (Wildman–Crippen MR) is 155 cm³/mol. The molecule has 3 N–H and O–H groups in total. The van der Waals surface area contributed by atoms with E-state index in [1.165, 1.54) is 28.3 Å². The molecule has 0 radical (unpaired) electrons. The Morgan fingerprint density at radius 3 is 2.32 bits per heavy atom. The van der Waals surface area contributed by atoms with Gasteiger partial charge in [-0.05, 0) is 107 Å². The Bertz CT molecular complexity index is 1420. The van der Waals surface area contributed by atoms with Gasteiger partial charge in [-0.1, -0.05) is 17.7 Å². The zero-order chi connectivity index (χ0) is 26.7. The van der Waals surface area contributed by atoms with E-state index in [4.69, 9.17) is 17.0 Å². The Morgan fingerprint density at radius 2 is 1.68 bits per heavy atom. The Balaban J connectivity index is 1.47. The van der Waals surface area contributed by atoms with Crippen LogP contribution in [-0.2, 0) is 27.6 Å². The maximum absolute atomic E-state index is 13.0. The van der Waals surface area contributed by atoms with E-state index in [9.17, 15) is 13.2 Å². The molecule has 0 saturated carbocycles. The second kappa shape index (κ2) is 11.2. The third kappa shape index (κ3) is 6.14. The van der Waals surface area contributed by atoms with Crippen molar-refractivity contribution in [3.63, 3.8) is 0 Å². The molecular formula is C27H31N3O4S3. The lowest BCUT2D eigenvalue weighted by Crippen LogP contribution is -2.20. The molecule has 3 aromatic rings. The maximum atomic E-state index is 13.0. The van der Waals surface area contributed by atoms with Crippen molar-refractivity contribution in [2.75, 3.05) is 22.0 Å². The molecule has 0 saturated heterocycles. The quantitative estimate of drug-likeness (QED) is 0.230. The number of ether oxygens (including phenoxy) is 1. The fraction of sp³-hybridized carbons (Fsp3) is 0.333. The minimum atomic E-state index is -3.76. The summed E-state index contributed by atoms with van der Waals surface area (Å²) in [5.74, 6) is -0.340. The van der Waals surface area contributed by atoms with Gasteiger partial charge in [-0.3, -0.25) is 4.72 Å². The van der Waals surface area contributed by atoms with E-state index in [0.717, 1.165) is 47.9 Å². The van der Waals surface area contributed by atoms with Crippen molar-refractivity contribution >= 4 is 61.0 Å². The van der Waals surface area contributed by atoms with Crippen LogP contribution < -0.4 is 15.4 Å². The van der Waals surface area contributed by atoms with E-state index in [1.54, 1.807) is 19.1 Å². The monoisotopic (exact) mass is 557 g/mol. The number of fused-ring (bicyclic) bond motifs is 1. The number of carbonyl (C=O) groups excluding carboxylic acids is 1. The molecular weight excluding hydrogens is 527 g/mol. The molecule has 37 heavy (non-hydrogen) atoms. The van der Waals surface area contributed by atoms with Gasteiger partial charge < -0.3 is 15.4 Å². The van der Waals surface area contributed by atoms with Crippen molar-refractivity contribution in [2.45, 2.75) is 58.3 Å². The molecule has 0 aliphatic heterocycles. The standard InChI is InChI=1S/C27H31N3O4S3/c1-5-34-26(31)23-21-8-6-7-9-22(21)36-25(23)29-27(35)28-19-10-12-20(13-11-19)37(32,33)30-24-17(3)14-16(2)15-18(24)4/h10-15,30H,5-9H2,1-4H3,(H2,28,29,35). The van der Waals surface area contributed by atoms with Gasteiger partial charge in [0.05, 0.1) is 22.8 Å². The van der Waals surface area contributed by atoms with Crippen molar-refractivity contribution in [2.24, 2.45) is 0 Å². The highest BCUT2D eigenvalue weighted by molar-refractivity contribution is 7.92. The van der Waals surface area contributed by atoms with Crippen molar-refractivity contribution in [3.05, 3.63) is 69.1 Å². The van der Waals surface area contributed by atoms with Crippen LogP contribution >= 0.6 is 23.6 Å². The van der Waals surface area contributed by atoms with Gasteiger partial charge >= 0.3 is 5.97 Å². The first-order chi connectivity index (χ1) is 17.6. The Labute approximate surface area is 227 Å². The van der Waals surface area contributed by atoms with Crippen molar-refractivity contribution < 1.29 is 17.9 Å². The van der Waals surface area contributed by atoms with E-state index < -0.39 is 10.0 Å². The lowest BCUT2D eigenvalue weighted by atomic mass is 9.95. The number of carbonyl (C=O) groups is 1. The lowest BCUT2D eigenvalue weighted by Gasteiger charge is -2.15. The summed E-state index contributed by atoms with van der Waals surface area (Å²) in [5, 5.41) is 7.22. The second-order valence-corrected chi connectivity index (χ2v) is 12.3. The number of rotatable bonds is 7. The number of benzene rings is 2. The van der Waals surface area contributed by atoms with Crippen LogP contribution in [0.5, 0.6) is 0 Å². The van der Waals surface area contributed by atoms with Crippen LogP contribution in [0.4, 0.5) is 16.4 Å². The molecule has 0 fully saturated rings. The average molecular weight is 558 g/mol.